The van der Waals surface area contributed by atoms with Crippen LogP contribution in [0.25, 0.3) is 0 Å². The van der Waals surface area contributed by atoms with Gasteiger partial charge in [0.1, 0.15) is 11.4 Å². The highest BCUT2D eigenvalue weighted by Crippen LogP contribution is 2.40. The van der Waals surface area contributed by atoms with E-state index >= 15 is 0 Å². The molecule has 0 aliphatic carbocycles. The van der Waals surface area contributed by atoms with Gasteiger partial charge >= 0.3 is 12.1 Å². The number of benzene rings is 1. The highest BCUT2D eigenvalue weighted by atomic mass is 32.2. The number of thioether (sulfide) groups is 1. The van der Waals surface area contributed by atoms with Crippen LogP contribution in [0.1, 0.15) is 17.5 Å². The Morgan fingerprint density at radius 3 is 2.41 bits per heavy atom. The van der Waals surface area contributed by atoms with E-state index in [0.29, 0.717) is 43.0 Å². The van der Waals surface area contributed by atoms with Gasteiger partial charge in [0.25, 0.3) is 5.91 Å². The molecule has 6 rings (SSSR count). The molecule has 0 saturated carbocycles. The van der Waals surface area contributed by atoms with Gasteiger partial charge in [-0.05, 0) is 41.7 Å². The number of nitrogens with zero attached hydrogens (tertiary/aromatic N) is 4. The molecule has 46 heavy (non-hydrogen) atoms. The number of pyridine rings is 1. The fourth-order valence-corrected chi connectivity index (χ4v) is 6.81. The smallest absolute Gasteiger partial charge is 0.490 e. The maximum absolute atomic E-state index is 13.1. The number of β-lactam (4-membered cyclic amide) rings is 1. The summed E-state index contributed by atoms with van der Waals surface area (Å²) in [6, 6.07) is 11.0. The van der Waals surface area contributed by atoms with Crippen molar-refractivity contribution in [2.45, 2.75) is 43.5 Å². The Bertz CT molecular complexity index is 1660. The zero-order valence-electron chi connectivity index (χ0n) is 24.1. The number of aromatic nitrogens is 1. The Morgan fingerprint density at radius 2 is 1.76 bits per heavy atom. The van der Waals surface area contributed by atoms with Gasteiger partial charge in [0.05, 0.1) is 11.7 Å². The lowest BCUT2D eigenvalue weighted by molar-refractivity contribution is -0.684. The molecule has 2 fully saturated rings. The molecule has 242 valence electrons. The molecule has 0 spiro atoms. The van der Waals surface area contributed by atoms with Crippen molar-refractivity contribution in [2.75, 3.05) is 23.7 Å². The Labute approximate surface area is 264 Å². The third-order valence-corrected chi connectivity index (χ3v) is 9.20. The molecule has 3 amide bonds. The maximum Gasteiger partial charge on any atom is 0.490 e. The maximum atomic E-state index is 13.1. The predicted molar refractivity (Wildman–Crippen MR) is 154 cm³/mol. The molecular weight excluding hydrogens is 631 g/mol. The van der Waals surface area contributed by atoms with Crippen LogP contribution < -0.4 is 20.3 Å². The minimum absolute atomic E-state index is 0.0292. The van der Waals surface area contributed by atoms with Crippen LogP contribution in [-0.2, 0) is 43.5 Å². The van der Waals surface area contributed by atoms with E-state index in [0.717, 1.165) is 17.7 Å². The second kappa shape index (κ2) is 13.0. The number of anilines is 1. The molecular formula is C30H28F3N5O7S. The van der Waals surface area contributed by atoms with E-state index in [1.807, 2.05) is 52.2 Å². The molecule has 2 atom stereocenters. The van der Waals surface area contributed by atoms with Gasteiger partial charge in [-0.1, -0.05) is 18.2 Å². The first-order chi connectivity index (χ1) is 21.8. The number of rotatable bonds is 6. The number of hydrogen-bond acceptors (Lipinski definition) is 8. The van der Waals surface area contributed by atoms with Crippen LogP contribution in [0.5, 0.6) is 0 Å². The first-order valence-corrected chi connectivity index (χ1v) is 15.1. The van der Waals surface area contributed by atoms with E-state index in [1.165, 1.54) is 22.2 Å². The fraction of sp³-hybridized carbons (Fsp3) is 0.333. The minimum atomic E-state index is -5.08. The monoisotopic (exact) mass is 659 g/mol. The number of carboxylic acids is 2. The number of likely N-dealkylation sites (tertiary alicyclic amines) is 1. The summed E-state index contributed by atoms with van der Waals surface area (Å²) in [6.07, 6.45) is 1.53. The number of halogens is 3. The van der Waals surface area contributed by atoms with Crippen molar-refractivity contribution < 1.29 is 51.9 Å². The van der Waals surface area contributed by atoms with Crippen molar-refractivity contribution in [3.8, 4) is 0 Å². The minimum Gasteiger partial charge on any atom is -0.543 e. The molecule has 3 N–H and O–H groups in total. The number of carbonyl (C=O) groups is 5. The van der Waals surface area contributed by atoms with Crippen molar-refractivity contribution in [3.63, 3.8) is 0 Å². The SMILES string of the molecule is N[C@@H]1C(=O)N2C(C(=O)[O-])=C(/C=C3\CCN(Cc4cc[n+](CC(=O)N5CCc6ccccc65)cc4)C3=O)CS[C@H]12.O=C(O)C(F)(F)F. The molecule has 0 radical (unpaired) electrons. The number of carbonyl (C=O) groups excluding carboxylic acids is 4. The van der Waals surface area contributed by atoms with Gasteiger partial charge in [-0.15, -0.1) is 11.8 Å². The van der Waals surface area contributed by atoms with Gasteiger partial charge in [-0.25, -0.2) is 4.79 Å². The van der Waals surface area contributed by atoms with Crippen molar-refractivity contribution in [2.24, 2.45) is 5.73 Å². The standard InChI is InChI=1S/C28H27N5O5S.C2HF3O2/c29-23-26(36)33-24(28(37)38)20(16-39-27(23)33)13-19-7-11-31(25(19)35)14-17-5-9-30(10-6-17)15-22(34)32-12-8-18-3-1-2-4-21(18)32;3-2(4,5)1(6)7/h1-6,9-10,13,23,27H,7-8,11-12,14-16,29H2;(H,6,7)/b19-13+;/t23-,27-;/m1./s1. The lowest BCUT2D eigenvalue weighted by Gasteiger charge is -2.49. The van der Waals surface area contributed by atoms with E-state index in [4.69, 9.17) is 15.6 Å². The van der Waals surface area contributed by atoms with E-state index < -0.39 is 35.4 Å². The third kappa shape index (κ3) is 6.62. The third-order valence-electron chi connectivity index (χ3n) is 7.88. The molecule has 2 aromatic rings. The van der Waals surface area contributed by atoms with Crippen LogP contribution in [0.15, 0.2) is 71.7 Å². The quantitative estimate of drug-likeness (QED) is 0.248. The number of aliphatic carboxylic acids is 2. The van der Waals surface area contributed by atoms with Gasteiger partial charge in [-0.3, -0.25) is 19.3 Å². The molecule has 4 aliphatic rings. The molecule has 0 unspecified atom stereocenters. The summed E-state index contributed by atoms with van der Waals surface area (Å²) in [5, 5.41) is 18.5. The normalized spacial score (nSPS) is 21.5. The number of amides is 3. The number of fused-ring (bicyclic) bond motifs is 2. The topological polar surface area (TPSA) is 168 Å². The van der Waals surface area contributed by atoms with Crippen molar-refractivity contribution in [3.05, 3.63) is 82.8 Å². The van der Waals surface area contributed by atoms with Gasteiger partial charge < -0.3 is 30.5 Å². The lowest BCUT2D eigenvalue weighted by atomic mass is 10.0. The molecule has 1 aromatic heterocycles. The highest BCUT2D eigenvalue weighted by Gasteiger charge is 2.50. The molecule has 5 heterocycles. The van der Waals surface area contributed by atoms with E-state index in [-0.39, 0.29) is 24.1 Å². The van der Waals surface area contributed by atoms with Crippen LogP contribution in [0.4, 0.5) is 18.9 Å². The second-order valence-electron chi connectivity index (χ2n) is 10.8. The van der Waals surface area contributed by atoms with Crippen molar-refractivity contribution in [1.29, 1.82) is 0 Å². The van der Waals surface area contributed by atoms with Crippen LogP contribution in [0.2, 0.25) is 0 Å². The summed E-state index contributed by atoms with van der Waals surface area (Å²) in [5.41, 5.74) is 9.59. The summed E-state index contributed by atoms with van der Waals surface area (Å²) < 4.78 is 33.6. The van der Waals surface area contributed by atoms with E-state index in [1.54, 1.807) is 11.0 Å². The largest absolute Gasteiger partial charge is 0.543 e. The van der Waals surface area contributed by atoms with Crippen molar-refractivity contribution in [1.82, 2.24) is 9.80 Å². The Balaban J connectivity index is 0.000000537. The van der Waals surface area contributed by atoms with Crippen LogP contribution in [-0.4, -0.2) is 81.0 Å². The van der Waals surface area contributed by atoms with E-state index in [2.05, 4.69) is 6.07 Å². The van der Waals surface area contributed by atoms with Crippen LogP contribution >= 0.6 is 11.8 Å². The summed E-state index contributed by atoms with van der Waals surface area (Å²) >= 11 is 1.38. The summed E-state index contributed by atoms with van der Waals surface area (Å²) in [6.45, 7) is 1.81. The average Bonchev–Trinajstić information content (AvgIpc) is 3.60. The molecule has 2 saturated heterocycles. The molecule has 1 aromatic carbocycles. The van der Waals surface area contributed by atoms with Crippen LogP contribution in [0.3, 0.4) is 0 Å². The summed E-state index contributed by atoms with van der Waals surface area (Å²) in [7, 11) is 0. The Morgan fingerprint density at radius 1 is 1.09 bits per heavy atom. The first-order valence-electron chi connectivity index (χ1n) is 14.1. The zero-order valence-corrected chi connectivity index (χ0v) is 24.9. The lowest BCUT2D eigenvalue weighted by Crippen LogP contribution is -2.69. The van der Waals surface area contributed by atoms with Crippen molar-refractivity contribution >= 4 is 47.1 Å². The fourth-order valence-electron chi connectivity index (χ4n) is 5.56. The summed E-state index contributed by atoms with van der Waals surface area (Å²) in [5.74, 6) is -4.45. The number of alkyl halides is 3. The van der Waals surface area contributed by atoms with Gasteiger partial charge in [0.2, 0.25) is 18.4 Å². The van der Waals surface area contributed by atoms with Gasteiger partial charge in [0.15, 0.2) is 12.4 Å². The van der Waals surface area contributed by atoms with Gasteiger partial charge in [0, 0.05) is 48.8 Å². The number of para-hydroxylation sites is 1. The van der Waals surface area contributed by atoms with Gasteiger partial charge in [-0.2, -0.15) is 17.7 Å². The molecule has 0 bridgehead atoms. The summed E-state index contributed by atoms with van der Waals surface area (Å²) in [4.78, 5) is 63.6. The molecule has 16 heteroatoms. The predicted octanol–water partition coefficient (Wildman–Crippen LogP) is 0.102. The Hall–Kier alpha value is -4.70. The zero-order chi connectivity index (χ0) is 33.3. The number of hydrogen-bond donors (Lipinski definition) is 2. The Kier molecular flexibility index (Phi) is 9.21. The molecule has 12 nitrogen and oxygen atoms in total. The van der Waals surface area contributed by atoms with Crippen LogP contribution in [0, 0.1) is 0 Å². The number of nitrogens with two attached hydrogens (primary N) is 1. The van der Waals surface area contributed by atoms with E-state index in [9.17, 15) is 37.5 Å². The molecule has 4 aliphatic heterocycles. The number of allylic oxidation sites excluding steroid dienone is 1. The highest BCUT2D eigenvalue weighted by molar-refractivity contribution is 8.00. The second-order valence-corrected chi connectivity index (χ2v) is 12.0. The number of carboxylic acid groups (broad SMARTS) is 2. The first kappa shape index (κ1) is 32.7. The average molecular weight is 660 g/mol.